The van der Waals surface area contributed by atoms with E-state index in [1.54, 1.807) is 0 Å². The van der Waals surface area contributed by atoms with Crippen molar-refractivity contribution in [1.82, 2.24) is 0 Å². The summed E-state index contributed by atoms with van der Waals surface area (Å²) in [6, 6.07) is 46.4. The minimum absolute atomic E-state index is 0.0617. The first-order valence-corrected chi connectivity index (χ1v) is 12.9. The summed E-state index contributed by atoms with van der Waals surface area (Å²) in [7, 11) is 0. The molecule has 2 heterocycles. The lowest BCUT2D eigenvalue weighted by Crippen LogP contribution is -2.57. The number of fused-ring (bicyclic) bond motifs is 5. The maximum Gasteiger partial charge on any atom is 0.260 e. The van der Waals surface area contributed by atoms with Crippen molar-refractivity contribution in [1.29, 1.82) is 0 Å². The summed E-state index contributed by atoms with van der Waals surface area (Å²) in [6.07, 6.45) is 0. The standard InChI is InChI=1S/C34H22BNO2/c1-2-13-24(14-3-1)36(29-18-10-12-23-11-4-5-15-26(23)29)25-21-32-34-33(22-25)38-31-20-9-7-17-28(31)35(34)27-16-6-8-19-30(27)37-32/h1-22H. The molecule has 2 aliphatic heterocycles. The third-order valence-electron chi connectivity index (χ3n) is 7.56. The number of rotatable bonds is 3. The van der Waals surface area contributed by atoms with Gasteiger partial charge in [0.15, 0.2) is 0 Å². The molecule has 2 aliphatic rings. The smallest absolute Gasteiger partial charge is 0.260 e. The molecule has 0 saturated heterocycles. The summed E-state index contributed by atoms with van der Waals surface area (Å²) in [5, 5.41) is 2.38. The first-order chi connectivity index (χ1) is 18.8. The quantitative estimate of drug-likeness (QED) is 0.250. The summed E-state index contributed by atoms with van der Waals surface area (Å²) in [5.74, 6) is 3.44. The van der Waals surface area contributed by atoms with Gasteiger partial charge >= 0.3 is 0 Å². The predicted octanol–water partition coefficient (Wildman–Crippen LogP) is 7.04. The van der Waals surface area contributed by atoms with E-state index in [2.05, 4.69) is 120 Å². The molecule has 0 bridgehead atoms. The van der Waals surface area contributed by atoms with Crippen LogP contribution < -0.4 is 30.8 Å². The van der Waals surface area contributed by atoms with Gasteiger partial charge in [0.25, 0.3) is 6.71 Å². The van der Waals surface area contributed by atoms with Gasteiger partial charge in [0.1, 0.15) is 23.0 Å². The van der Waals surface area contributed by atoms with Crippen molar-refractivity contribution in [2.24, 2.45) is 0 Å². The molecule has 0 unspecified atom stereocenters. The minimum Gasteiger partial charge on any atom is -0.458 e. The molecule has 0 aliphatic carbocycles. The maximum absolute atomic E-state index is 6.58. The van der Waals surface area contributed by atoms with Gasteiger partial charge in [-0.2, -0.15) is 0 Å². The summed E-state index contributed by atoms with van der Waals surface area (Å²) in [6.45, 7) is 0.0617. The zero-order chi connectivity index (χ0) is 25.1. The van der Waals surface area contributed by atoms with Crippen LogP contribution in [0.2, 0.25) is 0 Å². The Morgan fingerprint density at radius 3 is 1.76 bits per heavy atom. The second-order valence-electron chi connectivity index (χ2n) is 9.74. The van der Waals surface area contributed by atoms with Gasteiger partial charge in [-0.3, -0.25) is 0 Å². The molecule has 0 saturated carbocycles. The fraction of sp³-hybridized carbons (Fsp3) is 0. The number of hydrogen-bond acceptors (Lipinski definition) is 3. The van der Waals surface area contributed by atoms with Gasteiger partial charge in [-0.1, -0.05) is 91.0 Å². The molecule has 38 heavy (non-hydrogen) atoms. The monoisotopic (exact) mass is 487 g/mol. The number of benzene rings is 6. The Morgan fingerprint density at radius 1 is 0.474 bits per heavy atom. The molecule has 0 spiro atoms. The predicted molar refractivity (Wildman–Crippen MR) is 156 cm³/mol. The molecule has 0 atom stereocenters. The lowest BCUT2D eigenvalue weighted by molar-refractivity contribution is 0.465. The highest BCUT2D eigenvalue weighted by Crippen LogP contribution is 2.44. The van der Waals surface area contributed by atoms with Crippen molar-refractivity contribution < 1.29 is 9.47 Å². The van der Waals surface area contributed by atoms with E-state index in [0.717, 1.165) is 45.5 Å². The van der Waals surface area contributed by atoms with E-state index >= 15 is 0 Å². The van der Waals surface area contributed by atoms with Crippen molar-refractivity contribution in [3.05, 3.63) is 133 Å². The molecule has 0 aromatic heterocycles. The zero-order valence-electron chi connectivity index (χ0n) is 20.5. The molecular formula is C34H22BNO2. The maximum atomic E-state index is 6.58. The van der Waals surface area contributed by atoms with Crippen LogP contribution in [0.1, 0.15) is 0 Å². The Bertz CT molecular complexity index is 1770. The first-order valence-electron chi connectivity index (χ1n) is 12.9. The van der Waals surface area contributed by atoms with Gasteiger partial charge in [-0.15, -0.1) is 0 Å². The van der Waals surface area contributed by atoms with Gasteiger partial charge in [0.05, 0.1) is 11.4 Å². The zero-order valence-corrected chi connectivity index (χ0v) is 20.5. The van der Waals surface area contributed by atoms with E-state index in [1.807, 2.05) is 18.2 Å². The molecule has 178 valence electrons. The van der Waals surface area contributed by atoms with E-state index in [1.165, 1.54) is 21.7 Å². The number of para-hydroxylation sites is 3. The Hall–Kier alpha value is -4.96. The Balaban J connectivity index is 1.39. The molecule has 0 N–H and O–H groups in total. The normalized spacial score (nSPS) is 12.6. The molecular weight excluding hydrogens is 465 g/mol. The molecule has 3 nitrogen and oxygen atoms in total. The van der Waals surface area contributed by atoms with E-state index in [0.29, 0.717) is 0 Å². The molecule has 0 radical (unpaired) electrons. The van der Waals surface area contributed by atoms with Crippen LogP contribution in [-0.4, -0.2) is 6.71 Å². The Kier molecular flexibility index (Phi) is 4.62. The highest BCUT2D eigenvalue weighted by molar-refractivity contribution is 6.98. The molecule has 8 rings (SSSR count). The number of anilines is 3. The van der Waals surface area contributed by atoms with Crippen LogP contribution in [0.3, 0.4) is 0 Å². The molecule has 6 aromatic carbocycles. The second-order valence-corrected chi connectivity index (χ2v) is 9.74. The van der Waals surface area contributed by atoms with Crippen molar-refractivity contribution in [2.45, 2.75) is 0 Å². The third kappa shape index (κ3) is 3.17. The van der Waals surface area contributed by atoms with Crippen LogP contribution in [0.15, 0.2) is 133 Å². The Morgan fingerprint density at radius 2 is 1.05 bits per heavy atom. The minimum atomic E-state index is 0.0617. The van der Waals surface area contributed by atoms with Crippen molar-refractivity contribution >= 4 is 50.9 Å². The van der Waals surface area contributed by atoms with Gasteiger partial charge in [0.2, 0.25) is 0 Å². The number of hydrogen-bond donors (Lipinski definition) is 0. The molecule has 0 amide bonds. The topological polar surface area (TPSA) is 21.7 Å². The van der Waals surface area contributed by atoms with Crippen molar-refractivity contribution in [2.75, 3.05) is 4.90 Å². The summed E-state index contributed by atoms with van der Waals surface area (Å²) < 4.78 is 13.2. The van der Waals surface area contributed by atoms with Gasteiger partial charge in [0, 0.05) is 28.7 Å². The van der Waals surface area contributed by atoms with Crippen LogP contribution >= 0.6 is 0 Å². The number of ether oxygens (including phenoxy) is 2. The fourth-order valence-electron chi connectivity index (χ4n) is 5.92. The van der Waals surface area contributed by atoms with Crippen LogP contribution in [0.25, 0.3) is 10.8 Å². The molecule has 4 heteroatoms. The van der Waals surface area contributed by atoms with Crippen LogP contribution in [0, 0.1) is 0 Å². The number of nitrogens with zero attached hydrogens (tertiary/aromatic N) is 1. The van der Waals surface area contributed by atoms with Crippen LogP contribution in [0.4, 0.5) is 17.1 Å². The second kappa shape index (κ2) is 8.29. The van der Waals surface area contributed by atoms with E-state index < -0.39 is 0 Å². The van der Waals surface area contributed by atoms with Crippen molar-refractivity contribution in [3.63, 3.8) is 0 Å². The van der Waals surface area contributed by atoms with E-state index in [-0.39, 0.29) is 6.71 Å². The fourth-order valence-corrected chi connectivity index (χ4v) is 5.92. The molecule has 6 aromatic rings. The van der Waals surface area contributed by atoms with Gasteiger partial charge < -0.3 is 14.4 Å². The lowest BCUT2D eigenvalue weighted by atomic mass is 9.35. The van der Waals surface area contributed by atoms with Gasteiger partial charge in [-0.25, -0.2) is 0 Å². The van der Waals surface area contributed by atoms with Gasteiger partial charge in [-0.05, 0) is 46.6 Å². The van der Waals surface area contributed by atoms with E-state index in [4.69, 9.17) is 9.47 Å². The Labute approximate surface area is 221 Å². The average molecular weight is 487 g/mol. The van der Waals surface area contributed by atoms with Crippen molar-refractivity contribution in [3.8, 4) is 23.0 Å². The average Bonchev–Trinajstić information content (AvgIpc) is 2.98. The largest absolute Gasteiger partial charge is 0.458 e. The first kappa shape index (κ1) is 21.2. The SMILES string of the molecule is c1ccc(N(c2cc3c4c(c2)Oc2ccccc2B4c2ccccc2O3)c2cccc3ccccc23)cc1. The lowest BCUT2D eigenvalue weighted by Gasteiger charge is -2.35. The van der Waals surface area contributed by atoms with Crippen LogP contribution in [-0.2, 0) is 0 Å². The van der Waals surface area contributed by atoms with Crippen LogP contribution in [0.5, 0.6) is 23.0 Å². The summed E-state index contributed by atoms with van der Waals surface area (Å²) >= 11 is 0. The highest BCUT2D eigenvalue weighted by Gasteiger charge is 2.40. The molecule has 0 fully saturated rings. The third-order valence-corrected chi connectivity index (χ3v) is 7.56. The summed E-state index contributed by atoms with van der Waals surface area (Å²) in [4.78, 5) is 2.29. The van der Waals surface area contributed by atoms with E-state index in [9.17, 15) is 0 Å². The summed E-state index contributed by atoms with van der Waals surface area (Å²) in [5.41, 5.74) is 6.57. The highest BCUT2D eigenvalue weighted by atomic mass is 16.5.